The smallest absolute Gasteiger partial charge is 0.251 e. The van der Waals surface area contributed by atoms with Crippen LogP contribution in [0.25, 0.3) is 0 Å². The maximum atomic E-state index is 12.5. The molecule has 0 fully saturated rings. The first-order chi connectivity index (χ1) is 15.0. The number of H-pyrrole nitrogens is 1. The lowest BCUT2D eigenvalue weighted by Gasteiger charge is -2.19. The number of carbonyl (C=O) groups is 2. The summed E-state index contributed by atoms with van der Waals surface area (Å²) in [6, 6.07) is 16.5. The van der Waals surface area contributed by atoms with Gasteiger partial charge in [0, 0.05) is 11.3 Å². The number of nitrogens with one attached hydrogen (secondary N) is 3. The standard InChI is InChI=1S/C23H27N5O2S/c1-4-16-10-12-18(13-11-16)24-19(29)14-31-23-26-21(27-28-23)20(15(2)3)25-22(30)17-8-6-5-7-9-17/h5-13,15,20H,4,14H2,1-3H3,(H,24,29)(H,25,30)(H,26,27,28). The molecule has 0 saturated carbocycles. The van der Waals surface area contributed by atoms with E-state index in [4.69, 9.17) is 0 Å². The molecular formula is C23H27N5O2S. The molecule has 0 spiro atoms. The molecule has 0 aliphatic carbocycles. The van der Waals surface area contributed by atoms with Crippen LogP contribution in [0.3, 0.4) is 0 Å². The molecule has 2 aromatic carbocycles. The highest BCUT2D eigenvalue weighted by atomic mass is 32.2. The molecule has 7 nitrogen and oxygen atoms in total. The van der Waals surface area contributed by atoms with Crippen molar-refractivity contribution in [3.63, 3.8) is 0 Å². The quantitative estimate of drug-likeness (QED) is 0.435. The molecule has 1 atom stereocenters. The molecule has 1 unspecified atom stereocenters. The zero-order valence-corrected chi connectivity index (χ0v) is 18.7. The first-order valence-corrected chi connectivity index (χ1v) is 11.2. The number of aromatic nitrogens is 3. The van der Waals surface area contributed by atoms with Crippen LogP contribution >= 0.6 is 11.8 Å². The third-order valence-corrected chi connectivity index (χ3v) is 5.59. The van der Waals surface area contributed by atoms with Crippen molar-refractivity contribution >= 4 is 29.3 Å². The third kappa shape index (κ3) is 6.42. The highest BCUT2D eigenvalue weighted by Gasteiger charge is 2.23. The Hall–Kier alpha value is -3.13. The fourth-order valence-electron chi connectivity index (χ4n) is 2.98. The first kappa shape index (κ1) is 22.6. The van der Waals surface area contributed by atoms with E-state index in [0.717, 1.165) is 12.1 Å². The Morgan fingerprint density at radius 3 is 2.42 bits per heavy atom. The van der Waals surface area contributed by atoms with Gasteiger partial charge in [-0.15, -0.1) is 5.10 Å². The second-order valence-corrected chi connectivity index (χ2v) is 8.39. The minimum Gasteiger partial charge on any atom is -0.342 e. The van der Waals surface area contributed by atoms with Gasteiger partial charge in [-0.3, -0.25) is 14.7 Å². The van der Waals surface area contributed by atoms with Crippen molar-refractivity contribution in [2.24, 2.45) is 5.92 Å². The average Bonchev–Trinajstić information content (AvgIpc) is 3.25. The average molecular weight is 438 g/mol. The van der Waals surface area contributed by atoms with E-state index in [9.17, 15) is 9.59 Å². The number of aryl methyl sites for hydroxylation is 1. The summed E-state index contributed by atoms with van der Waals surface area (Å²) in [5, 5.41) is 13.4. The Morgan fingerprint density at radius 1 is 1.06 bits per heavy atom. The number of hydrogen-bond acceptors (Lipinski definition) is 5. The number of anilines is 1. The van der Waals surface area contributed by atoms with Crippen LogP contribution in [0.15, 0.2) is 59.8 Å². The molecule has 3 aromatic rings. The lowest BCUT2D eigenvalue weighted by molar-refractivity contribution is -0.113. The lowest BCUT2D eigenvalue weighted by Crippen LogP contribution is -2.32. The van der Waals surface area contributed by atoms with E-state index < -0.39 is 0 Å². The molecular weight excluding hydrogens is 410 g/mol. The molecule has 0 radical (unpaired) electrons. The molecule has 3 N–H and O–H groups in total. The number of aromatic amines is 1. The molecule has 2 amide bonds. The van der Waals surface area contributed by atoms with Gasteiger partial charge in [-0.25, -0.2) is 4.98 Å². The minimum atomic E-state index is -0.319. The first-order valence-electron chi connectivity index (χ1n) is 10.3. The normalized spacial score (nSPS) is 11.9. The molecule has 0 aliphatic rings. The SMILES string of the molecule is CCc1ccc(NC(=O)CSc2n[nH]c(C(NC(=O)c3ccccc3)C(C)C)n2)cc1. The highest BCUT2D eigenvalue weighted by Crippen LogP contribution is 2.22. The van der Waals surface area contributed by atoms with Crippen molar-refractivity contribution in [1.29, 1.82) is 0 Å². The van der Waals surface area contributed by atoms with E-state index in [1.54, 1.807) is 12.1 Å². The van der Waals surface area contributed by atoms with Crippen molar-refractivity contribution in [2.45, 2.75) is 38.4 Å². The number of thioether (sulfide) groups is 1. The Balaban J connectivity index is 1.57. The molecule has 1 aromatic heterocycles. The zero-order chi connectivity index (χ0) is 22.2. The van der Waals surface area contributed by atoms with E-state index in [1.165, 1.54) is 17.3 Å². The van der Waals surface area contributed by atoms with E-state index in [0.29, 0.717) is 16.5 Å². The second kappa shape index (κ2) is 10.8. The van der Waals surface area contributed by atoms with Crippen LogP contribution in [0.2, 0.25) is 0 Å². The summed E-state index contributed by atoms with van der Waals surface area (Å²) in [6.07, 6.45) is 0.959. The number of hydrogen-bond donors (Lipinski definition) is 3. The number of rotatable bonds is 9. The summed E-state index contributed by atoms with van der Waals surface area (Å²) in [5.41, 5.74) is 2.58. The van der Waals surface area contributed by atoms with E-state index in [-0.39, 0.29) is 29.5 Å². The van der Waals surface area contributed by atoms with Crippen LogP contribution in [0.4, 0.5) is 5.69 Å². The number of benzene rings is 2. The second-order valence-electron chi connectivity index (χ2n) is 7.45. The van der Waals surface area contributed by atoms with Crippen molar-refractivity contribution in [3.8, 4) is 0 Å². The van der Waals surface area contributed by atoms with Gasteiger partial charge >= 0.3 is 0 Å². The summed E-state index contributed by atoms with van der Waals surface area (Å²) in [6.45, 7) is 6.09. The van der Waals surface area contributed by atoms with Crippen LogP contribution in [-0.4, -0.2) is 32.7 Å². The third-order valence-electron chi connectivity index (χ3n) is 4.74. The molecule has 31 heavy (non-hydrogen) atoms. The Bertz CT molecular complexity index is 1000. The van der Waals surface area contributed by atoms with Gasteiger partial charge in [0.15, 0.2) is 0 Å². The van der Waals surface area contributed by atoms with Gasteiger partial charge in [-0.1, -0.05) is 62.9 Å². The van der Waals surface area contributed by atoms with Gasteiger partial charge in [0.05, 0.1) is 11.8 Å². The number of nitrogens with zero attached hydrogens (tertiary/aromatic N) is 2. The summed E-state index contributed by atoms with van der Waals surface area (Å²) < 4.78 is 0. The van der Waals surface area contributed by atoms with Gasteiger partial charge in [0.1, 0.15) is 5.82 Å². The van der Waals surface area contributed by atoms with E-state index >= 15 is 0 Å². The molecule has 162 valence electrons. The van der Waals surface area contributed by atoms with Crippen molar-refractivity contribution in [1.82, 2.24) is 20.5 Å². The van der Waals surface area contributed by atoms with Crippen LogP contribution in [0, 0.1) is 5.92 Å². The Morgan fingerprint density at radius 2 is 1.77 bits per heavy atom. The molecule has 0 saturated heterocycles. The maximum absolute atomic E-state index is 12.5. The number of amides is 2. The van der Waals surface area contributed by atoms with Gasteiger partial charge in [0.2, 0.25) is 11.1 Å². The predicted octanol–water partition coefficient (Wildman–Crippen LogP) is 4.23. The summed E-state index contributed by atoms with van der Waals surface area (Å²) >= 11 is 1.24. The highest BCUT2D eigenvalue weighted by molar-refractivity contribution is 7.99. The van der Waals surface area contributed by atoms with Gasteiger partial charge in [-0.2, -0.15) is 0 Å². The van der Waals surface area contributed by atoms with Gasteiger partial charge in [0.25, 0.3) is 5.91 Å². The Labute approximate surface area is 186 Å². The van der Waals surface area contributed by atoms with Crippen molar-refractivity contribution in [2.75, 3.05) is 11.1 Å². The molecule has 0 bridgehead atoms. The number of carbonyl (C=O) groups excluding carboxylic acids is 2. The van der Waals surface area contributed by atoms with Crippen LogP contribution in [0.1, 0.15) is 48.6 Å². The fourth-order valence-corrected chi connectivity index (χ4v) is 3.58. The van der Waals surface area contributed by atoms with Gasteiger partial charge < -0.3 is 10.6 Å². The lowest BCUT2D eigenvalue weighted by atomic mass is 10.0. The van der Waals surface area contributed by atoms with Crippen LogP contribution in [-0.2, 0) is 11.2 Å². The molecule has 8 heteroatoms. The molecule has 0 aliphatic heterocycles. The van der Waals surface area contributed by atoms with Crippen LogP contribution < -0.4 is 10.6 Å². The Kier molecular flexibility index (Phi) is 7.83. The fraction of sp³-hybridized carbons (Fsp3) is 0.304. The van der Waals surface area contributed by atoms with Crippen molar-refractivity contribution < 1.29 is 9.59 Å². The van der Waals surface area contributed by atoms with Crippen LogP contribution in [0.5, 0.6) is 0 Å². The monoisotopic (exact) mass is 437 g/mol. The summed E-state index contributed by atoms with van der Waals surface area (Å²) in [5.74, 6) is 0.567. The van der Waals surface area contributed by atoms with E-state index in [1.807, 2.05) is 56.3 Å². The predicted molar refractivity (Wildman–Crippen MR) is 123 cm³/mol. The summed E-state index contributed by atoms with van der Waals surface area (Å²) in [4.78, 5) is 29.3. The molecule has 1 heterocycles. The largest absolute Gasteiger partial charge is 0.342 e. The van der Waals surface area contributed by atoms with Crippen molar-refractivity contribution in [3.05, 3.63) is 71.5 Å². The van der Waals surface area contributed by atoms with Gasteiger partial charge in [-0.05, 0) is 42.2 Å². The zero-order valence-electron chi connectivity index (χ0n) is 17.9. The minimum absolute atomic E-state index is 0.104. The topological polar surface area (TPSA) is 99.8 Å². The maximum Gasteiger partial charge on any atom is 0.251 e. The summed E-state index contributed by atoms with van der Waals surface area (Å²) in [7, 11) is 0. The molecule has 3 rings (SSSR count). The van der Waals surface area contributed by atoms with E-state index in [2.05, 4.69) is 32.7 Å².